The number of rotatable bonds is 5. The van der Waals surface area contributed by atoms with E-state index in [2.05, 4.69) is 29.1 Å². The van der Waals surface area contributed by atoms with E-state index < -0.39 is 0 Å². The van der Waals surface area contributed by atoms with Crippen LogP contribution in [-0.4, -0.2) is 17.3 Å². The zero-order valence-corrected chi connectivity index (χ0v) is 9.03. The first-order valence-corrected chi connectivity index (χ1v) is 5.51. The Morgan fingerprint density at radius 2 is 2.38 bits per heavy atom. The molecule has 0 amide bonds. The van der Waals surface area contributed by atoms with Gasteiger partial charge in [0.15, 0.2) is 0 Å². The summed E-state index contributed by atoms with van der Waals surface area (Å²) >= 11 is 1.70. The lowest BCUT2D eigenvalue weighted by atomic mass is 10.0. The lowest BCUT2D eigenvalue weighted by Gasteiger charge is -2.27. The van der Waals surface area contributed by atoms with Crippen LogP contribution in [0.1, 0.15) is 25.8 Å². The van der Waals surface area contributed by atoms with E-state index in [1.54, 1.807) is 11.3 Å². The third kappa shape index (κ3) is 3.10. The Bertz CT molecular complexity index is 229. The lowest BCUT2D eigenvalue weighted by Crippen LogP contribution is -2.44. The predicted octanol–water partition coefficient (Wildman–Crippen LogP) is 2.00. The van der Waals surface area contributed by atoms with Crippen LogP contribution in [0.3, 0.4) is 0 Å². The third-order valence-corrected chi connectivity index (χ3v) is 3.16. The van der Waals surface area contributed by atoms with E-state index in [4.69, 9.17) is 5.11 Å². The molecule has 0 spiro atoms. The Morgan fingerprint density at radius 1 is 1.62 bits per heavy atom. The van der Waals surface area contributed by atoms with Crippen LogP contribution >= 0.6 is 11.3 Å². The quantitative estimate of drug-likeness (QED) is 0.760. The minimum atomic E-state index is -0.137. The number of thiophene rings is 1. The first-order valence-electron chi connectivity index (χ1n) is 4.57. The van der Waals surface area contributed by atoms with Crippen molar-refractivity contribution in [2.24, 2.45) is 0 Å². The van der Waals surface area contributed by atoms with Crippen molar-refractivity contribution < 1.29 is 5.11 Å². The molecule has 0 aliphatic carbocycles. The highest BCUT2D eigenvalue weighted by atomic mass is 32.1. The van der Waals surface area contributed by atoms with Gasteiger partial charge in [0.25, 0.3) is 0 Å². The van der Waals surface area contributed by atoms with Gasteiger partial charge in [-0.25, -0.2) is 0 Å². The Kier molecular flexibility index (Phi) is 3.90. The van der Waals surface area contributed by atoms with Gasteiger partial charge in [-0.1, -0.05) is 6.92 Å². The highest BCUT2D eigenvalue weighted by Gasteiger charge is 2.19. The van der Waals surface area contributed by atoms with Crippen molar-refractivity contribution in [1.29, 1.82) is 0 Å². The van der Waals surface area contributed by atoms with E-state index >= 15 is 0 Å². The largest absolute Gasteiger partial charge is 0.394 e. The summed E-state index contributed by atoms with van der Waals surface area (Å²) in [6, 6.07) is 2.10. The van der Waals surface area contributed by atoms with Crippen molar-refractivity contribution in [2.45, 2.75) is 32.4 Å². The number of hydrogen-bond donors (Lipinski definition) is 2. The Morgan fingerprint density at radius 3 is 2.85 bits per heavy atom. The van der Waals surface area contributed by atoms with Gasteiger partial charge in [-0.15, -0.1) is 0 Å². The summed E-state index contributed by atoms with van der Waals surface area (Å²) in [5.41, 5.74) is 1.15. The van der Waals surface area contributed by atoms with Gasteiger partial charge in [-0.2, -0.15) is 11.3 Å². The molecule has 1 aromatic heterocycles. The summed E-state index contributed by atoms with van der Waals surface area (Å²) in [4.78, 5) is 0. The van der Waals surface area contributed by atoms with E-state index in [0.29, 0.717) is 0 Å². The van der Waals surface area contributed by atoms with Crippen molar-refractivity contribution in [1.82, 2.24) is 5.32 Å². The minimum Gasteiger partial charge on any atom is -0.394 e. The SMILES string of the molecule is CCC(C)(CO)NCc1ccsc1. The van der Waals surface area contributed by atoms with Gasteiger partial charge in [-0.3, -0.25) is 0 Å². The van der Waals surface area contributed by atoms with E-state index in [1.807, 2.05) is 6.92 Å². The molecule has 13 heavy (non-hydrogen) atoms. The Balaban J connectivity index is 2.41. The normalized spacial score (nSPS) is 15.6. The maximum absolute atomic E-state index is 9.15. The second-order valence-electron chi connectivity index (χ2n) is 3.56. The zero-order chi connectivity index (χ0) is 9.73. The number of hydrogen-bond acceptors (Lipinski definition) is 3. The van der Waals surface area contributed by atoms with Crippen LogP contribution in [0.15, 0.2) is 16.8 Å². The molecule has 0 aromatic carbocycles. The Hall–Kier alpha value is -0.380. The maximum atomic E-state index is 9.15. The second-order valence-corrected chi connectivity index (χ2v) is 4.34. The first kappa shape index (κ1) is 10.7. The fourth-order valence-corrected chi connectivity index (χ4v) is 1.67. The molecule has 2 nitrogen and oxygen atoms in total. The molecule has 1 unspecified atom stereocenters. The number of aliphatic hydroxyl groups is 1. The summed E-state index contributed by atoms with van der Waals surface area (Å²) in [7, 11) is 0. The molecule has 0 aliphatic heterocycles. The lowest BCUT2D eigenvalue weighted by molar-refractivity contribution is 0.169. The minimum absolute atomic E-state index is 0.137. The topological polar surface area (TPSA) is 32.3 Å². The van der Waals surface area contributed by atoms with Crippen LogP contribution in [0.4, 0.5) is 0 Å². The van der Waals surface area contributed by atoms with Crippen molar-refractivity contribution in [3.8, 4) is 0 Å². The third-order valence-electron chi connectivity index (χ3n) is 2.43. The monoisotopic (exact) mass is 199 g/mol. The van der Waals surface area contributed by atoms with Gasteiger partial charge in [-0.05, 0) is 35.7 Å². The van der Waals surface area contributed by atoms with E-state index in [0.717, 1.165) is 13.0 Å². The smallest absolute Gasteiger partial charge is 0.0610 e. The van der Waals surface area contributed by atoms with E-state index in [1.165, 1.54) is 5.56 Å². The second kappa shape index (κ2) is 4.74. The van der Waals surface area contributed by atoms with Crippen molar-refractivity contribution >= 4 is 11.3 Å². The van der Waals surface area contributed by atoms with Crippen molar-refractivity contribution in [3.05, 3.63) is 22.4 Å². The average molecular weight is 199 g/mol. The van der Waals surface area contributed by atoms with Gasteiger partial charge < -0.3 is 10.4 Å². The van der Waals surface area contributed by atoms with Crippen LogP contribution in [0.25, 0.3) is 0 Å². The molecule has 74 valence electrons. The number of nitrogens with one attached hydrogen (secondary N) is 1. The number of aliphatic hydroxyl groups excluding tert-OH is 1. The molecule has 0 radical (unpaired) electrons. The average Bonchev–Trinajstić information content (AvgIpc) is 2.67. The predicted molar refractivity (Wildman–Crippen MR) is 56.9 cm³/mol. The molecule has 0 saturated carbocycles. The van der Waals surface area contributed by atoms with Gasteiger partial charge >= 0.3 is 0 Å². The van der Waals surface area contributed by atoms with Crippen LogP contribution in [0, 0.1) is 0 Å². The molecule has 1 heterocycles. The van der Waals surface area contributed by atoms with E-state index in [9.17, 15) is 0 Å². The highest BCUT2D eigenvalue weighted by Crippen LogP contribution is 2.11. The summed E-state index contributed by atoms with van der Waals surface area (Å²) in [6.07, 6.45) is 0.938. The van der Waals surface area contributed by atoms with Gasteiger partial charge in [0.2, 0.25) is 0 Å². The molecule has 1 rings (SSSR count). The molecule has 0 fully saturated rings. The summed E-state index contributed by atoms with van der Waals surface area (Å²) in [5, 5.41) is 16.7. The summed E-state index contributed by atoms with van der Waals surface area (Å²) in [6.45, 7) is 5.15. The van der Waals surface area contributed by atoms with Crippen LogP contribution in [0.5, 0.6) is 0 Å². The molecule has 2 N–H and O–H groups in total. The highest BCUT2D eigenvalue weighted by molar-refractivity contribution is 7.07. The standard InChI is InChI=1S/C10H17NOS/c1-3-10(2,8-12)11-6-9-4-5-13-7-9/h4-5,7,11-12H,3,6,8H2,1-2H3. The molecule has 0 aliphatic rings. The molecular weight excluding hydrogens is 182 g/mol. The van der Waals surface area contributed by atoms with Crippen LogP contribution in [0.2, 0.25) is 0 Å². The first-order chi connectivity index (χ1) is 6.20. The molecule has 0 saturated heterocycles. The molecular formula is C10H17NOS. The molecule has 1 atom stereocenters. The fraction of sp³-hybridized carbons (Fsp3) is 0.600. The zero-order valence-electron chi connectivity index (χ0n) is 8.21. The summed E-state index contributed by atoms with van der Waals surface area (Å²) in [5.74, 6) is 0. The van der Waals surface area contributed by atoms with Gasteiger partial charge in [0, 0.05) is 12.1 Å². The summed E-state index contributed by atoms with van der Waals surface area (Å²) < 4.78 is 0. The fourth-order valence-electron chi connectivity index (χ4n) is 1.00. The van der Waals surface area contributed by atoms with Gasteiger partial charge in [0.05, 0.1) is 6.61 Å². The van der Waals surface area contributed by atoms with Gasteiger partial charge in [0.1, 0.15) is 0 Å². The van der Waals surface area contributed by atoms with E-state index in [-0.39, 0.29) is 12.1 Å². The van der Waals surface area contributed by atoms with Crippen LogP contribution in [-0.2, 0) is 6.54 Å². The van der Waals surface area contributed by atoms with Crippen molar-refractivity contribution in [3.63, 3.8) is 0 Å². The van der Waals surface area contributed by atoms with Crippen molar-refractivity contribution in [2.75, 3.05) is 6.61 Å². The molecule has 1 aromatic rings. The van der Waals surface area contributed by atoms with Crippen LogP contribution < -0.4 is 5.32 Å². The Labute approximate surface area is 83.6 Å². The molecule has 3 heteroatoms. The molecule has 0 bridgehead atoms. The maximum Gasteiger partial charge on any atom is 0.0610 e.